The van der Waals surface area contributed by atoms with Gasteiger partial charge in [-0.15, -0.1) is 0 Å². The first kappa shape index (κ1) is 13.9. The van der Waals surface area contributed by atoms with E-state index in [9.17, 15) is 4.79 Å². The molecule has 19 heavy (non-hydrogen) atoms. The Bertz CT molecular complexity index is 441. The van der Waals surface area contributed by atoms with Crippen LogP contribution in [0.2, 0.25) is 0 Å². The van der Waals surface area contributed by atoms with Gasteiger partial charge in [-0.2, -0.15) is 5.10 Å². The molecule has 0 aliphatic heterocycles. The number of carbonyl (C=O) groups excluding carboxylic acids is 1. The Morgan fingerprint density at radius 3 is 2.95 bits per heavy atom. The molecule has 4 N–H and O–H groups in total. The molecule has 0 saturated heterocycles. The van der Waals surface area contributed by atoms with Gasteiger partial charge in [0, 0.05) is 6.54 Å². The first-order chi connectivity index (χ1) is 9.11. The van der Waals surface area contributed by atoms with Gasteiger partial charge in [0.15, 0.2) is 5.69 Å². The molecule has 5 heteroatoms. The van der Waals surface area contributed by atoms with E-state index >= 15 is 0 Å². The van der Waals surface area contributed by atoms with Crippen molar-refractivity contribution in [3.05, 3.63) is 11.4 Å². The summed E-state index contributed by atoms with van der Waals surface area (Å²) in [7, 11) is 0. The number of nitrogens with two attached hydrogens (primary N) is 1. The van der Waals surface area contributed by atoms with Crippen LogP contribution >= 0.6 is 0 Å². The molecule has 0 aromatic carbocycles. The molecule has 1 fully saturated rings. The van der Waals surface area contributed by atoms with E-state index in [2.05, 4.69) is 29.4 Å². The summed E-state index contributed by atoms with van der Waals surface area (Å²) < 4.78 is 0. The van der Waals surface area contributed by atoms with Crippen molar-refractivity contribution in [2.45, 2.75) is 46.0 Å². The number of amides is 1. The Balaban J connectivity index is 1.89. The number of nitrogen functional groups attached to an aromatic ring is 1. The van der Waals surface area contributed by atoms with E-state index in [0.717, 1.165) is 31.0 Å². The van der Waals surface area contributed by atoms with E-state index in [0.29, 0.717) is 17.3 Å². The molecule has 0 spiro atoms. The lowest BCUT2D eigenvalue weighted by Gasteiger charge is -2.10. The van der Waals surface area contributed by atoms with Crippen LogP contribution in [-0.2, 0) is 6.42 Å². The van der Waals surface area contributed by atoms with Crippen molar-refractivity contribution in [3.8, 4) is 0 Å². The average molecular weight is 264 g/mol. The minimum atomic E-state index is -0.157. The predicted molar refractivity (Wildman–Crippen MR) is 75.8 cm³/mol. The number of rotatable bonds is 5. The maximum absolute atomic E-state index is 12.0. The fourth-order valence-electron chi connectivity index (χ4n) is 2.83. The Labute approximate surface area is 114 Å². The van der Waals surface area contributed by atoms with Gasteiger partial charge < -0.3 is 11.1 Å². The van der Waals surface area contributed by atoms with Gasteiger partial charge >= 0.3 is 0 Å². The van der Waals surface area contributed by atoms with Crippen LogP contribution in [0.5, 0.6) is 0 Å². The zero-order chi connectivity index (χ0) is 13.8. The Morgan fingerprint density at radius 1 is 1.53 bits per heavy atom. The van der Waals surface area contributed by atoms with Crippen molar-refractivity contribution in [3.63, 3.8) is 0 Å². The van der Waals surface area contributed by atoms with Crippen LogP contribution in [0.3, 0.4) is 0 Å². The van der Waals surface area contributed by atoms with Crippen LogP contribution in [0.15, 0.2) is 0 Å². The second-order valence-corrected chi connectivity index (χ2v) is 5.71. The van der Waals surface area contributed by atoms with Gasteiger partial charge in [0.1, 0.15) is 0 Å². The average Bonchev–Trinajstić information content (AvgIpc) is 2.95. The van der Waals surface area contributed by atoms with Gasteiger partial charge in [-0.3, -0.25) is 9.89 Å². The van der Waals surface area contributed by atoms with E-state index in [1.54, 1.807) is 0 Å². The van der Waals surface area contributed by atoms with E-state index < -0.39 is 0 Å². The molecule has 2 unspecified atom stereocenters. The molecule has 2 atom stereocenters. The summed E-state index contributed by atoms with van der Waals surface area (Å²) in [4.78, 5) is 12.0. The fraction of sp³-hybridized carbons (Fsp3) is 0.714. The number of aryl methyl sites for hydroxylation is 1. The molecule has 1 heterocycles. The fourth-order valence-corrected chi connectivity index (χ4v) is 2.83. The molecule has 2 rings (SSSR count). The predicted octanol–water partition coefficient (Wildman–Crippen LogP) is 2.11. The SMILES string of the molecule is CCCc1[nH]nc(C(=O)NCC2CCC(C)C2)c1N. The molecule has 5 nitrogen and oxygen atoms in total. The number of hydrogen-bond donors (Lipinski definition) is 3. The molecule has 0 radical (unpaired) electrons. The maximum atomic E-state index is 12.0. The summed E-state index contributed by atoms with van der Waals surface area (Å²) >= 11 is 0. The van der Waals surface area contributed by atoms with Gasteiger partial charge in [0.25, 0.3) is 5.91 Å². The van der Waals surface area contributed by atoms with E-state index in [-0.39, 0.29) is 5.91 Å². The van der Waals surface area contributed by atoms with Crippen molar-refractivity contribution in [2.24, 2.45) is 11.8 Å². The third kappa shape index (κ3) is 3.28. The first-order valence-corrected chi connectivity index (χ1v) is 7.22. The molecule has 106 valence electrons. The van der Waals surface area contributed by atoms with E-state index in [4.69, 9.17) is 5.73 Å². The normalized spacial score (nSPS) is 22.6. The number of aromatic nitrogens is 2. The highest BCUT2D eigenvalue weighted by Crippen LogP contribution is 2.29. The summed E-state index contributed by atoms with van der Waals surface area (Å²) in [5.41, 5.74) is 7.65. The zero-order valence-electron chi connectivity index (χ0n) is 11.8. The third-order valence-electron chi connectivity index (χ3n) is 3.95. The minimum absolute atomic E-state index is 0.157. The Hall–Kier alpha value is -1.52. The summed E-state index contributed by atoms with van der Waals surface area (Å²) in [6.45, 7) is 5.07. The van der Waals surface area contributed by atoms with Crippen LogP contribution in [0.1, 0.15) is 55.7 Å². The standard InChI is InChI=1S/C14H24N4O/c1-3-4-11-12(15)13(18-17-11)14(19)16-8-10-6-5-9(2)7-10/h9-10H,3-8,15H2,1-2H3,(H,16,19)(H,17,18). The van der Waals surface area contributed by atoms with Crippen LogP contribution in [-0.4, -0.2) is 22.6 Å². The number of anilines is 1. The van der Waals surface area contributed by atoms with Crippen molar-refractivity contribution < 1.29 is 4.79 Å². The number of nitrogens with zero attached hydrogens (tertiary/aromatic N) is 1. The highest BCUT2D eigenvalue weighted by molar-refractivity contribution is 5.97. The van der Waals surface area contributed by atoms with Crippen molar-refractivity contribution in [2.75, 3.05) is 12.3 Å². The maximum Gasteiger partial charge on any atom is 0.273 e. The number of hydrogen-bond acceptors (Lipinski definition) is 3. The number of nitrogens with one attached hydrogen (secondary N) is 2. The summed E-state index contributed by atoms with van der Waals surface area (Å²) in [5, 5.41) is 9.84. The molecular weight excluding hydrogens is 240 g/mol. The highest BCUT2D eigenvalue weighted by atomic mass is 16.1. The largest absolute Gasteiger partial charge is 0.395 e. The van der Waals surface area contributed by atoms with E-state index in [1.807, 2.05) is 0 Å². The van der Waals surface area contributed by atoms with Crippen molar-refractivity contribution in [1.29, 1.82) is 0 Å². The Kier molecular flexibility index (Phi) is 4.45. The second-order valence-electron chi connectivity index (χ2n) is 5.71. The quantitative estimate of drug-likeness (QED) is 0.761. The van der Waals surface area contributed by atoms with Crippen molar-refractivity contribution >= 4 is 11.6 Å². The number of carbonyl (C=O) groups is 1. The molecule has 0 bridgehead atoms. The Morgan fingerprint density at radius 2 is 2.32 bits per heavy atom. The summed E-state index contributed by atoms with van der Waals surface area (Å²) in [6.07, 6.45) is 5.49. The smallest absolute Gasteiger partial charge is 0.273 e. The minimum Gasteiger partial charge on any atom is -0.395 e. The highest BCUT2D eigenvalue weighted by Gasteiger charge is 2.23. The monoisotopic (exact) mass is 264 g/mol. The molecule has 1 aliphatic carbocycles. The lowest BCUT2D eigenvalue weighted by molar-refractivity contribution is 0.0943. The van der Waals surface area contributed by atoms with Crippen LogP contribution in [0.25, 0.3) is 0 Å². The zero-order valence-corrected chi connectivity index (χ0v) is 11.8. The van der Waals surface area contributed by atoms with Crippen LogP contribution in [0, 0.1) is 11.8 Å². The second kappa shape index (κ2) is 6.08. The third-order valence-corrected chi connectivity index (χ3v) is 3.95. The van der Waals surface area contributed by atoms with Gasteiger partial charge in [-0.25, -0.2) is 0 Å². The van der Waals surface area contributed by atoms with Crippen LogP contribution < -0.4 is 11.1 Å². The number of H-pyrrole nitrogens is 1. The van der Waals surface area contributed by atoms with Crippen LogP contribution in [0.4, 0.5) is 5.69 Å². The lowest BCUT2D eigenvalue weighted by Crippen LogP contribution is -2.29. The van der Waals surface area contributed by atoms with Gasteiger partial charge in [0.2, 0.25) is 0 Å². The number of aromatic amines is 1. The first-order valence-electron chi connectivity index (χ1n) is 7.22. The lowest BCUT2D eigenvalue weighted by atomic mass is 10.1. The summed E-state index contributed by atoms with van der Waals surface area (Å²) in [5.74, 6) is 1.23. The van der Waals surface area contributed by atoms with Gasteiger partial charge in [-0.1, -0.05) is 26.7 Å². The van der Waals surface area contributed by atoms with Gasteiger partial charge in [-0.05, 0) is 31.1 Å². The van der Waals surface area contributed by atoms with E-state index in [1.165, 1.54) is 19.3 Å². The molecule has 1 aromatic heterocycles. The molecular formula is C14H24N4O. The van der Waals surface area contributed by atoms with Crippen molar-refractivity contribution in [1.82, 2.24) is 15.5 Å². The van der Waals surface area contributed by atoms with Gasteiger partial charge in [0.05, 0.1) is 11.4 Å². The topological polar surface area (TPSA) is 83.8 Å². The molecule has 1 saturated carbocycles. The molecule has 1 amide bonds. The summed E-state index contributed by atoms with van der Waals surface area (Å²) in [6, 6.07) is 0. The molecule has 1 aliphatic rings. The molecule has 1 aromatic rings.